The molecule has 0 fully saturated rings. The number of hydrogen-bond donors (Lipinski definition) is 0. The van der Waals surface area contributed by atoms with E-state index in [0.29, 0.717) is 38.2 Å². The van der Waals surface area contributed by atoms with Gasteiger partial charge in [0.1, 0.15) is 0 Å². The normalized spacial score (nSPS) is 15.6. The van der Waals surface area contributed by atoms with Crippen LogP contribution in [-0.4, -0.2) is 51.0 Å². The average Bonchev–Trinajstić information content (AvgIpc) is 3.56. The van der Waals surface area contributed by atoms with E-state index < -0.39 is 10.0 Å². The van der Waals surface area contributed by atoms with Crippen LogP contribution in [0.3, 0.4) is 0 Å². The number of aryl methyl sites for hydroxylation is 1. The van der Waals surface area contributed by atoms with Gasteiger partial charge < -0.3 is 14.0 Å². The first kappa shape index (κ1) is 23.8. The van der Waals surface area contributed by atoms with Crippen LogP contribution in [0.1, 0.15) is 16.8 Å². The summed E-state index contributed by atoms with van der Waals surface area (Å²) in [5.41, 5.74) is 3.53. The molecule has 5 rings (SSSR count). The lowest BCUT2D eigenvalue weighted by Gasteiger charge is -2.40. The van der Waals surface area contributed by atoms with Crippen LogP contribution in [0, 0.1) is 11.3 Å². The molecular formula is C26H27N7O2S. The summed E-state index contributed by atoms with van der Waals surface area (Å²) in [6.45, 7) is 1.89. The van der Waals surface area contributed by atoms with Gasteiger partial charge in [0.2, 0.25) is 0 Å². The number of sulfonamides is 1. The van der Waals surface area contributed by atoms with Crippen LogP contribution in [0.25, 0.3) is 0 Å². The third-order valence-corrected chi connectivity index (χ3v) is 8.44. The number of pyridine rings is 1. The molecule has 0 saturated carbocycles. The molecule has 36 heavy (non-hydrogen) atoms. The van der Waals surface area contributed by atoms with E-state index in [-0.39, 0.29) is 11.1 Å². The Labute approximate surface area is 210 Å². The Hall–Kier alpha value is -3.94. The largest absolute Gasteiger partial charge is 0.364 e. The standard InChI is InChI=1S/C26H27N7O2S/c1-30-20-28-17-24(30)19-32-18-23(15-22-14-21(16-27)7-8-25(22)32)33(13-12-31-10-4-5-11-31)36(34,35)26-6-2-3-9-29-26/h2-11,14,17,20,23H,12-13,15,18-19H2,1H3/i16+2. The number of imidazole rings is 1. The van der Waals surface area contributed by atoms with Crippen LogP contribution < -0.4 is 4.90 Å². The van der Waals surface area contributed by atoms with Crippen molar-refractivity contribution in [2.45, 2.75) is 30.6 Å². The Morgan fingerprint density at radius 1 is 1.17 bits per heavy atom. The van der Waals surface area contributed by atoms with Crippen molar-refractivity contribution in [2.24, 2.45) is 7.05 Å². The number of anilines is 1. The van der Waals surface area contributed by atoms with Crippen LogP contribution in [0.2, 0.25) is 0 Å². The van der Waals surface area contributed by atoms with Crippen molar-refractivity contribution < 1.29 is 8.42 Å². The second-order valence-electron chi connectivity index (χ2n) is 8.89. The molecule has 10 heteroatoms. The minimum absolute atomic E-state index is 0.0345. The van der Waals surface area contributed by atoms with Crippen molar-refractivity contribution >= 4 is 15.7 Å². The van der Waals surface area contributed by atoms with Gasteiger partial charge in [0, 0.05) is 63.2 Å². The maximum Gasteiger partial charge on any atom is 0.260 e. The van der Waals surface area contributed by atoms with Crippen LogP contribution in [0.4, 0.5) is 5.69 Å². The van der Waals surface area contributed by atoms with E-state index in [4.69, 9.17) is 0 Å². The highest BCUT2D eigenvalue weighted by molar-refractivity contribution is 7.89. The molecule has 1 aromatic carbocycles. The number of nitrogens with zero attached hydrogens (tertiary/aromatic N) is 7. The number of benzene rings is 1. The molecule has 0 radical (unpaired) electrons. The SMILES string of the molecule is Cn1cncc1CN1CC(N(CCn2cccc2)S(=O)(=O)c2ccccn2)Cc2cc([14C]#N)ccc21. The van der Waals surface area contributed by atoms with Gasteiger partial charge in [-0.15, -0.1) is 0 Å². The molecule has 0 saturated heterocycles. The van der Waals surface area contributed by atoms with E-state index in [2.05, 4.69) is 20.9 Å². The van der Waals surface area contributed by atoms with E-state index in [1.54, 1.807) is 22.8 Å². The predicted octanol–water partition coefficient (Wildman–Crippen LogP) is 2.81. The van der Waals surface area contributed by atoms with Crippen molar-refractivity contribution in [3.05, 3.63) is 96.5 Å². The summed E-state index contributed by atoms with van der Waals surface area (Å²) >= 11 is 0. The molecule has 184 valence electrons. The van der Waals surface area contributed by atoms with Crippen molar-refractivity contribution in [1.29, 1.82) is 5.26 Å². The first-order valence-corrected chi connectivity index (χ1v) is 13.2. The van der Waals surface area contributed by atoms with Gasteiger partial charge in [-0.25, -0.2) is 18.4 Å². The zero-order valence-corrected chi connectivity index (χ0v) is 20.8. The highest BCUT2D eigenvalue weighted by Crippen LogP contribution is 2.33. The summed E-state index contributed by atoms with van der Waals surface area (Å²) in [5, 5.41) is 9.53. The van der Waals surface area contributed by atoms with Gasteiger partial charge >= 0.3 is 0 Å². The second-order valence-corrected chi connectivity index (χ2v) is 10.7. The van der Waals surface area contributed by atoms with Crippen molar-refractivity contribution in [1.82, 2.24) is 23.4 Å². The van der Waals surface area contributed by atoms with Crippen molar-refractivity contribution in [3.63, 3.8) is 0 Å². The van der Waals surface area contributed by atoms with Crippen molar-refractivity contribution in [2.75, 3.05) is 18.0 Å². The van der Waals surface area contributed by atoms with E-state index in [0.717, 1.165) is 16.9 Å². The molecule has 0 bridgehead atoms. The van der Waals surface area contributed by atoms with Crippen LogP contribution in [0.15, 0.2) is 84.7 Å². The predicted molar refractivity (Wildman–Crippen MR) is 135 cm³/mol. The summed E-state index contributed by atoms with van der Waals surface area (Å²) in [4.78, 5) is 10.6. The fraction of sp³-hybridized carbons (Fsp3) is 0.269. The Kier molecular flexibility index (Phi) is 6.59. The molecule has 4 aromatic rings. The van der Waals surface area contributed by atoms with Gasteiger partial charge in [0.25, 0.3) is 10.0 Å². The first-order valence-electron chi connectivity index (χ1n) is 11.7. The lowest BCUT2D eigenvalue weighted by molar-refractivity contribution is 0.297. The second kappa shape index (κ2) is 9.97. The Morgan fingerprint density at radius 3 is 2.69 bits per heavy atom. The van der Waals surface area contributed by atoms with E-state index in [1.165, 1.54) is 12.3 Å². The smallest absolute Gasteiger partial charge is 0.260 e. The van der Waals surface area contributed by atoms with Gasteiger partial charge in [0.05, 0.1) is 30.2 Å². The first-order chi connectivity index (χ1) is 17.5. The summed E-state index contributed by atoms with van der Waals surface area (Å²) in [7, 11) is -1.92. The zero-order chi connectivity index (χ0) is 25.1. The van der Waals surface area contributed by atoms with E-state index in [9.17, 15) is 13.7 Å². The molecule has 3 aromatic heterocycles. The summed E-state index contributed by atoms with van der Waals surface area (Å²) in [6, 6.07) is 16.3. The minimum Gasteiger partial charge on any atom is -0.364 e. The molecule has 1 unspecified atom stereocenters. The maximum absolute atomic E-state index is 13.9. The van der Waals surface area contributed by atoms with E-state index >= 15 is 0 Å². The Morgan fingerprint density at radius 2 is 2.00 bits per heavy atom. The third kappa shape index (κ3) is 4.76. The fourth-order valence-corrected chi connectivity index (χ4v) is 6.27. The molecule has 1 aliphatic rings. The Bertz CT molecular complexity index is 1470. The molecule has 1 aliphatic heterocycles. The molecule has 0 spiro atoms. The topological polar surface area (TPSA) is 100 Å². The zero-order valence-electron chi connectivity index (χ0n) is 20.0. The molecule has 4 heterocycles. The Balaban J connectivity index is 1.54. The van der Waals surface area contributed by atoms with Crippen LogP contribution in [-0.2, 0) is 36.6 Å². The molecule has 0 amide bonds. The highest BCUT2D eigenvalue weighted by Gasteiger charge is 2.37. The highest BCUT2D eigenvalue weighted by atomic mass is 32.2. The summed E-state index contributed by atoms with van der Waals surface area (Å²) in [5.74, 6) is 0. The number of nitriles is 1. The average molecular weight is 504 g/mol. The van der Waals surface area contributed by atoms with Gasteiger partial charge in [-0.3, -0.25) is 0 Å². The summed E-state index contributed by atoms with van der Waals surface area (Å²) < 4.78 is 33.3. The number of hydrogen-bond acceptors (Lipinski definition) is 6. The lowest BCUT2D eigenvalue weighted by atomic mass is 9.97. The van der Waals surface area contributed by atoms with Crippen LogP contribution in [0.5, 0.6) is 0 Å². The van der Waals surface area contributed by atoms with Gasteiger partial charge in [-0.1, -0.05) is 6.07 Å². The molecule has 0 N–H and O–H groups in total. The molecule has 9 nitrogen and oxygen atoms in total. The number of rotatable bonds is 8. The monoisotopic (exact) mass is 503 g/mol. The van der Waals surface area contributed by atoms with E-state index in [1.807, 2.05) is 65.1 Å². The summed E-state index contributed by atoms with van der Waals surface area (Å²) in [6.07, 6.45) is 9.43. The fourth-order valence-electron chi connectivity index (χ4n) is 4.73. The van der Waals surface area contributed by atoms with Crippen LogP contribution >= 0.6 is 0 Å². The quantitative estimate of drug-likeness (QED) is 0.367. The van der Waals surface area contributed by atoms with Gasteiger partial charge in [-0.05, 0) is 54.4 Å². The lowest BCUT2D eigenvalue weighted by Crippen LogP contribution is -2.51. The van der Waals surface area contributed by atoms with Crippen molar-refractivity contribution in [3.8, 4) is 6.07 Å². The molecule has 1 atom stereocenters. The number of aromatic nitrogens is 4. The molecule has 0 aliphatic carbocycles. The third-order valence-electron chi connectivity index (χ3n) is 6.57. The minimum atomic E-state index is -3.87. The van der Waals surface area contributed by atoms with Gasteiger partial charge in [-0.2, -0.15) is 9.57 Å². The number of fused-ring (bicyclic) bond motifs is 1. The molecular weight excluding hydrogens is 476 g/mol. The van der Waals surface area contributed by atoms with Gasteiger partial charge in [0.15, 0.2) is 5.03 Å². The maximum atomic E-state index is 13.9.